The van der Waals surface area contributed by atoms with E-state index in [4.69, 9.17) is 0 Å². The molecule has 1 heterocycles. The smallest absolute Gasteiger partial charge is 0.0435 e. The minimum atomic E-state index is 0.487. The average Bonchev–Trinajstić information content (AvgIpc) is 2.38. The van der Waals surface area contributed by atoms with Gasteiger partial charge in [0.15, 0.2) is 0 Å². The van der Waals surface area contributed by atoms with Crippen LogP contribution in [0.15, 0.2) is 48.8 Å². The summed E-state index contributed by atoms with van der Waals surface area (Å²) in [6.07, 6.45) is 3.71. The largest absolute Gasteiger partial charge is 0.263 e. The van der Waals surface area contributed by atoms with Crippen LogP contribution >= 0.6 is 0 Å². The zero-order chi connectivity index (χ0) is 12.1. The molecule has 0 saturated heterocycles. The standard InChI is InChI=1S/C16H15N/c1-13(2)16-10-15(11-17-12-16)9-8-14-6-4-3-5-7-14/h3-7,10-13H,1-2H3. The molecule has 0 aliphatic rings. The van der Waals surface area contributed by atoms with Crippen LogP contribution in [-0.2, 0) is 0 Å². The first-order valence-electron chi connectivity index (χ1n) is 5.78. The molecule has 0 aliphatic heterocycles. The lowest BCUT2D eigenvalue weighted by atomic mass is 10.0. The van der Waals surface area contributed by atoms with Gasteiger partial charge in [0.1, 0.15) is 0 Å². The Labute approximate surface area is 103 Å². The first kappa shape index (κ1) is 11.4. The van der Waals surface area contributed by atoms with E-state index in [1.807, 2.05) is 42.7 Å². The maximum Gasteiger partial charge on any atom is 0.0435 e. The van der Waals surface area contributed by atoms with Crippen molar-refractivity contribution in [2.24, 2.45) is 0 Å². The summed E-state index contributed by atoms with van der Waals surface area (Å²) in [5.41, 5.74) is 3.23. The molecule has 1 nitrogen and oxygen atoms in total. The molecule has 84 valence electrons. The van der Waals surface area contributed by atoms with Crippen LogP contribution in [0.25, 0.3) is 0 Å². The Morgan fingerprint density at radius 1 is 0.941 bits per heavy atom. The number of hydrogen-bond donors (Lipinski definition) is 0. The Kier molecular flexibility index (Phi) is 3.57. The molecule has 0 bridgehead atoms. The second-order valence-corrected chi connectivity index (χ2v) is 4.28. The zero-order valence-corrected chi connectivity index (χ0v) is 10.1. The van der Waals surface area contributed by atoms with Crippen molar-refractivity contribution in [3.8, 4) is 11.8 Å². The van der Waals surface area contributed by atoms with Gasteiger partial charge in [0, 0.05) is 23.5 Å². The van der Waals surface area contributed by atoms with Gasteiger partial charge in [0.25, 0.3) is 0 Å². The summed E-state index contributed by atoms with van der Waals surface area (Å²) in [7, 11) is 0. The van der Waals surface area contributed by atoms with Crippen molar-refractivity contribution < 1.29 is 0 Å². The van der Waals surface area contributed by atoms with Crippen molar-refractivity contribution in [1.29, 1.82) is 0 Å². The number of rotatable bonds is 1. The molecule has 2 rings (SSSR count). The van der Waals surface area contributed by atoms with E-state index >= 15 is 0 Å². The number of nitrogens with zero attached hydrogens (tertiary/aromatic N) is 1. The Morgan fingerprint density at radius 2 is 1.65 bits per heavy atom. The molecular formula is C16H15N. The fourth-order valence-corrected chi connectivity index (χ4v) is 1.51. The summed E-state index contributed by atoms with van der Waals surface area (Å²) < 4.78 is 0. The van der Waals surface area contributed by atoms with Crippen LogP contribution in [0.3, 0.4) is 0 Å². The number of benzene rings is 1. The predicted molar refractivity (Wildman–Crippen MR) is 70.7 cm³/mol. The van der Waals surface area contributed by atoms with Crippen LogP contribution in [0.4, 0.5) is 0 Å². The topological polar surface area (TPSA) is 12.9 Å². The van der Waals surface area contributed by atoms with E-state index < -0.39 is 0 Å². The van der Waals surface area contributed by atoms with Gasteiger partial charge in [-0.2, -0.15) is 0 Å². The summed E-state index contributed by atoms with van der Waals surface area (Å²) in [6, 6.07) is 12.1. The first-order chi connectivity index (χ1) is 8.25. The quantitative estimate of drug-likeness (QED) is 0.670. The molecule has 2 aromatic rings. The first-order valence-corrected chi connectivity index (χ1v) is 5.78. The van der Waals surface area contributed by atoms with Crippen LogP contribution in [0.1, 0.15) is 36.5 Å². The number of pyridine rings is 1. The fraction of sp³-hybridized carbons (Fsp3) is 0.188. The van der Waals surface area contributed by atoms with E-state index in [9.17, 15) is 0 Å². The fourth-order valence-electron chi connectivity index (χ4n) is 1.51. The molecule has 1 aromatic heterocycles. The van der Waals surface area contributed by atoms with Crippen molar-refractivity contribution in [3.05, 3.63) is 65.5 Å². The molecule has 1 heteroatoms. The lowest BCUT2D eigenvalue weighted by Crippen LogP contribution is -1.89. The molecule has 0 aliphatic carbocycles. The number of hydrogen-bond acceptors (Lipinski definition) is 1. The molecule has 0 N–H and O–H groups in total. The highest BCUT2D eigenvalue weighted by atomic mass is 14.6. The summed E-state index contributed by atoms with van der Waals surface area (Å²) in [4.78, 5) is 4.22. The van der Waals surface area contributed by atoms with Crippen LogP contribution in [-0.4, -0.2) is 4.98 Å². The zero-order valence-electron chi connectivity index (χ0n) is 10.1. The third-order valence-electron chi connectivity index (χ3n) is 2.55. The van der Waals surface area contributed by atoms with Crippen LogP contribution < -0.4 is 0 Å². The van der Waals surface area contributed by atoms with Gasteiger partial charge in [-0.1, -0.05) is 43.9 Å². The summed E-state index contributed by atoms with van der Waals surface area (Å²) in [6.45, 7) is 4.32. The SMILES string of the molecule is CC(C)c1cncc(C#Cc2ccccc2)c1. The van der Waals surface area contributed by atoms with Gasteiger partial charge in [-0.25, -0.2) is 0 Å². The van der Waals surface area contributed by atoms with Gasteiger partial charge in [-0.3, -0.25) is 4.98 Å². The van der Waals surface area contributed by atoms with Gasteiger partial charge in [-0.15, -0.1) is 0 Å². The Balaban J connectivity index is 2.25. The van der Waals surface area contributed by atoms with E-state index in [0.717, 1.165) is 11.1 Å². The predicted octanol–water partition coefficient (Wildman–Crippen LogP) is 3.60. The average molecular weight is 221 g/mol. The third kappa shape index (κ3) is 3.19. The molecule has 0 atom stereocenters. The van der Waals surface area contributed by atoms with Crippen molar-refractivity contribution in [2.75, 3.05) is 0 Å². The lowest BCUT2D eigenvalue weighted by Gasteiger charge is -2.03. The highest BCUT2D eigenvalue weighted by molar-refractivity contribution is 5.42. The highest BCUT2D eigenvalue weighted by Crippen LogP contribution is 2.13. The van der Waals surface area contributed by atoms with Crippen molar-refractivity contribution in [1.82, 2.24) is 4.98 Å². The molecule has 0 amide bonds. The number of aromatic nitrogens is 1. The third-order valence-corrected chi connectivity index (χ3v) is 2.55. The van der Waals surface area contributed by atoms with Gasteiger partial charge in [0.2, 0.25) is 0 Å². The molecule has 17 heavy (non-hydrogen) atoms. The molecule has 0 spiro atoms. The van der Waals surface area contributed by atoms with Gasteiger partial charge in [0.05, 0.1) is 0 Å². The second-order valence-electron chi connectivity index (χ2n) is 4.28. The Bertz CT molecular complexity index is 544. The molecular weight excluding hydrogens is 206 g/mol. The highest BCUT2D eigenvalue weighted by Gasteiger charge is 1.99. The Morgan fingerprint density at radius 3 is 2.35 bits per heavy atom. The molecule has 1 aromatic carbocycles. The molecule has 0 saturated carbocycles. The Hall–Kier alpha value is -2.07. The monoisotopic (exact) mass is 221 g/mol. The van der Waals surface area contributed by atoms with Gasteiger partial charge < -0.3 is 0 Å². The van der Waals surface area contributed by atoms with E-state index in [-0.39, 0.29) is 0 Å². The van der Waals surface area contributed by atoms with Gasteiger partial charge in [-0.05, 0) is 29.7 Å². The molecule has 0 radical (unpaired) electrons. The maximum atomic E-state index is 4.22. The van der Waals surface area contributed by atoms with E-state index in [1.54, 1.807) is 0 Å². The maximum absolute atomic E-state index is 4.22. The normalized spacial score (nSPS) is 9.82. The van der Waals surface area contributed by atoms with Crippen molar-refractivity contribution in [2.45, 2.75) is 19.8 Å². The van der Waals surface area contributed by atoms with Crippen molar-refractivity contribution >= 4 is 0 Å². The second kappa shape index (κ2) is 5.32. The summed E-state index contributed by atoms with van der Waals surface area (Å²) >= 11 is 0. The molecule has 0 unspecified atom stereocenters. The minimum Gasteiger partial charge on any atom is -0.263 e. The van der Waals surface area contributed by atoms with Crippen LogP contribution in [0.5, 0.6) is 0 Å². The van der Waals surface area contributed by atoms with E-state index in [0.29, 0.717) is 5.92 Å². The summed E-state index contributed by atoms with van der Waals surface area (Å²) in [5, 5.41) is 0. The van der Waals surface area contributed by atoms with Gasteiger partial charge >= 0.3 is 0 Å². The summed E-state index contributed by atoms with van der Waals surface area (Å²) in [5.74, 6) is 6.77. The van der Waals surface area contributed by atoms with Crippen LogP contribution in [0, 0.1) is 11.8 Å². The molecule has 0 fully saturated rings. The minimum absolute atomic E-state index is 0.487. The van der Waals surface area contributed by atoms with Crippen LogP contribution in [0.2, 0.25) is 0 Å². The van der Waals surface area contributed by atoms with E-state index in [1.165, 1.54) is 5.56 Å². The van der Waals surface area contributed by atoms with E-state index in [2.05, 4.69) is 36.7 Å². The lowest BCUT2D eigenvalue weighted by molar-refractivity contribution is 0.857. The van der Waals surface area contributed by atoms with Crippen molar-refractivity contribution in [3.63, 3.8) is 0 Å².